The van der Waals surface area contributed by atoms with Gasteiger partial charge in [0.1, 0.15) is 0 Å². The lowest BCUT2D eigenvalue weighted by Gasteiger charge is -2.07. The van der Waals surface area contributed by atoms with Crippen molar-refractivity contribution in [3.63, 3.8) is 0 Å². The molecule has 0 radical (unpaired) electrons. The fourth-order valence-corrected chi connectivity index (χ4v) is 2.42. The Morgan fingerprint density at radius 3 is 2.80 bits per heavy atom. The van der Waals surface area contributed by atoms with Gasteiger partial charge in [0.25, 0.3) is 5.91 Å². The Hall–Kier alpha value is -1.96. The molecule has 20 heavy (non-hydrogen) atoms. The summed E-state index contributed by atoms with van der Waals surface area (Å²) in [6.07, 6.45) is 0. The predicted octanol–water partition coefficient (Wildman–Crippen LogP) is 4.21. The van der Waals surface area contributed by atoms with Gasteiger partial charge in [0, 0.05) is 21.2 Å². The summed E-state index contributed by atoms with van der Waals surface area (Å²) in [5.41, 5.74) is 1.20. The fourth-order valence-electron chi connectivity index (χ4n) is 1.61. The number of carbonyl (C=O) groups is 1. The van der Waals surface area contributed by atoms with Crippen LogP contribution in [0, 0.1) is 11.3 Å². The highest BCUT2D eigenvalue weighted by atomic mass is 35.5. The molecule has 1 N–H and O–H groups in total. The zero-order valence-electron chi connectivity index (χ0n) is 10.5. The summed E-state index contributed by atoms with van der Waals surface area (Å²) in [5, 5.41) is 11.9. The molecule has 3 nitrogen and oxygen atoms in total. The minimum absolute atomic E-state index is 0.213. The average Bonchev–Trinajstić information content (AvgIpc) is 2.45. The number of nitrogens with zero attached hydrogens (tertiary/aromatic N) is 1. The van der Waals surface area contributed by atoms with Crippen LogP contribution in [0.4, 0.5) is 5.69 Å². The standard InChI is InChI=1S/C15H11ClN2OS/c16-12-4-1-3-11(9-12)15(19)18-13-5-2-6-14(10-13)20-8-7-17/h1-6,9-10H,8H2,(H,18,19). The van der Waals surface area contributed by atoms with Gasteiger partial charge >= 0.3 is 0 Å². The number of anilines is 1. The second-order valence-corrected chi connectivity index (χ2v) is 5.42. The number of rotatable bonds is 4. The molecule has 2 aromatic rings. The van der Waals surface area contributed by atoms with E-state index >= 15 is 0 Å². The summed E-state index contributed by atoms with van der Waals surface area (Å²) in [6.45, 7) is 0. The summed E-state index contributed by atoms with van der Waals surface area (Å²) in [7, 11) is 0. The number of benzene rings is 2. The van der Waals surface area contributed by atoms with Crippen molar-refractivity contribution in [3.05, 3.63) is 59.1 Å². The van der Waals surface area contributed by atoms with Gasteiger partial charge in [-0.05, 0) is 36.4 Å². The first kappa shape index (κ1) is 14.4. The fraction of sp³-hybridized carbons (Fsp3) is 0.0667. The first-order valence-electron chi connectivity index (χ1n) is 5.86. The summed E-state index contributed by atoms with van der Waals surface area (Å²) in [5.74, 6) is 0.168. The van der Waals surface area contributed by atoms with E-state index in [1.54, 1.807) is 30.3 Å². The third-order valence-electron chi connectivity index (χ3n) is 2.48. The Labute approximate surface area is 126 Å². The van der Waals surface area contributed by atoms with Crippen LogP contribution in [-0.2, 0) is 0 Å². The van der Waals surface area contributed by atoms with Crippen molar-refractivity contribution in [2.75, 3.05) is 11.1 Å². The second kappa shape index (κ2) is 6.99. The molecule has 1 amide bonds. The highest BCUT2D eigenvalue weighted by molar-refractivity contribution is 7.99. The zero-order chi connectivity index (χ0) is 14.4. The lowest BCUT2D eigenvalue weighted by Crippen LogP contribution is -2.11. The first-order valence-corrected chi connectivity index (χ1v) is 7.22. The Kier molecular flexibility index (Phi) is 5.05. The highest BCUT2D eigenvalue weighted by Crippen LogP contribution is 2.21. The predicted molar refractivity (Wildman–Crippen MR) is 82.2 cm³/mol. The van der Waals surface area contributed by atoms with Crippen LogP contribution in [0.15, 0.2) is 53.4 Å². The van der Waals surface area contributed by atoms with Crippen LogP contribution in [0.3, 0.4) is 0 Å². The van der Waals surface area contributed by atoms with E-state index in [-0.39, 0.29) is 5.91 Å². The van der Waals surface area contributed by atoms with Crippen LogP contribution in [0.1, 0.15) is 10.4 Å². The SMILES string of the molecule is N#CCSc1cccc(NC(=O)c2cccc(Cl)c2)c1. The van der Waals surface area contributed by atoms with Crippen molar-refractivity contribution < 1.29 is 4.79 Å². The number of thioether (sulfide) groups is 1. The number of carbonyl (C=O) groups excluding carboxylic acids is 1. The van der Waals surface area contributed by atoms with Crippen molar-refractivity contribution in [2.24, 2.45) is 0 Å². The van der Waals surface area contributed by atoms with Gasteiger partial charge in [-0.25, -0.2) is 0 Å². The number of amides is 1. The van der Waals surface area contributed by atoms with E-state index in [0.717, 1.165) is 4.90 Å². The molecule has 0 unspecified atom stereocenters. The average molecular weight is 303 g/mol. The maximum absolute atomic E-state index is 12.1. The summed E-state index contributed by atoms with van der Waals surface area (Å²) in [6, 6.07) is 16.2. The molecule has 0 bridgehead atoms. The van der Waals surface area contributed by atoms with Crippen LogP contribution in [0.2, 0.25) is 5.02 Å². The largest absolute Gasteiger partial charge is 0.322 e. The molecular weight excluding hydrogens is 292 g/mol. The number of hydrogen-bond donors (Lipinski definition) is 1. The van der Waals surface area contributed by atoms with Crippen LogP contribution < -0.4 is 5.32 Å². The van der Waals surface area contributed by atoms with E-state index in [1.165, 1.54) is 11.8 Å². The summed E-state index contributed by atoms with van der Waals surface area (Å²) >= 11 is 7.29. The van der Waals surface area contributed by atoms with Crippen molar-refractivity contribution in [2.45, 2.75) is 4.90 Å². The molecule has 0 aliphatic rings. The van der Waals surface area contributed by atoms with Gasteiger partial charge in [0.2, 0.25) is 0 Å². The zero-order valence-corrected chi connectivity index (χ0v) is 12.0. The van der Waals surface area contributed by atoms with E-state index < -0.39 is 0 Å². The molecule has 0 aromatic heterocycles. The van der Waals surface area contributed by atoms with Gasteiger partial charge in [-0.3, -0.25) is 4.79 Å². The molecule has 5 heteroatoms. The highest BCUT2D eigenvalue weighted by Gasteiger charge is 2.06. The summed E-state index contributed by atoms with van der Waals surface area (Å²) in [4.78, 5) is 13.0. The minimum Gasteiger partial charge on any atom is -0.322 e. The molecule has 0 aliphatic heterocycles. The van der Waals surface area contributed by atoms with E-state index in [4.69, 9.17) is 16.9 Å². The Bertz CT molecular complexity index is 667. The molecule has 2 aromatic carbocycles. The van der Waals surface area contributed by atoms with Crippen molar-refractivity contribution in [3.8, 4) is 6.07 Å². The van der Waals surface area contributed by atoms with Crippen LogP contribution >= 0.6 is 23.4 Å². The second-order valence-electron chi connectivity index (χ2n) is 3.94. The van der Waals surface area contributed by atoms with Gasteiger partial charge in [-0.15, -0.1) is 11.8 Å². The van der Waals surface area contributed by atoms with Crippen molar-refractivity contribution in [1.29, 1.82) is 5.26 Å². The smallest absolute Gasteiger partial charge is 0.255 e. The summed E-state index contributed by atoms with van der Waals surface area (Å²) < 4.78 is 0. The third-order valence-corrected chi connectivity index (χ3v) is 3.58. The molecule has 0 heterocycles. The first-order chi connectivity index (χ1) is 9.69. The quantitative estimate of drug-likeness (QED) is 0.861. The van der Waals surface area contributed by atoms with Crippen molar-refractivity contribution in [1.82, 2.24) is 0 Å². The third kappa shape index (κ3) is 4.02. The van der Waals surface area contributed by atoms with E-state index in [1.807, 2.05) is 18.2 Å². The molecule has 0 fully saturated rings. The maximum Gasteiger partial charge on any atom is 0.255 e. The molecule has 100 valence electrons. The van der Waals surface area contributed by atoms with Gasteiger partial charge in [-0.2, -0.15) is 5.26 Å². The van der Waals surface area contributed by atoms with Crippen LogP contribution in [0.25, 0.3) is 0 Å². The monoisotopic (exact) mass is 302 g/mol. The molecular formula is C15H11ClN2OS. The van der Waals surface area contributed by atoms with Crippen LogP contribution in [-0.4, -0.2) is 11.7 Å². The van der Waals surface area contributed by atoms with Gasteiger partial charge < -0.3 is 5.32 Å². The van der Waals surface area contributed by atoms with Gasteiger partial charge in [-0.1, -0.05) is 23.7 Å². The Morgan fingerprint density at radius 2 is 2.05 bits per heavy atom. The number of nitrogens with one attached hydrogen (secondary N) is 1. The molecule has 0 spiro atoms. The lowest BCUT2D eigenvalue weighted by molar-refractivity contribution is 0.102. The molecule has 0 atom stereocenters. The number of nitriles is 1. The lowest BCUT2D eigenvalue weighted by atomic mass is 10.2. The van der Waals surface area contributed by atoms with E-state index in [0.29, 0.717) is 22.0 Å². The van der Waals surface area contributed by atoms with E-state index in [2.05, 4.69) is 11.4 Å². The molecule has 0 aliphatic carbocycles. The molecule has 2 rings (SSSR count). The minimum atomic E-state index is -0.213. The maximum atomic E-state index is 12.1. The van der Waals surface area contributed by atoms with E-state index in [9.17, 15) is 4.79 Å². The normalized spacial score (nSPS) is 9.80. The number of halogens is 1. The molecule has 0 saturated heterocycles. The topological polar surface area (TPSA) is 52.9 Å². The van der Waals surface area contributed by atoms with Gasteiger partial charge in [0.15, 0.2) is 0 Å². The van der Waals surface area contributed by atoms with Crippen LogP contribution in [0.5, 0.6) is 0 Å². The Balaban J connectivity index is 2.10. The molecule has 0 saturated carbocycles. The number of hydrogen-bond acceptors (Lipinski definition) is 3. The van der Waals surface area contributed by atoms with Crippen molar-refractivity contribution >= 4 is 35.0 Å². The Morgan fingerprint density at radius 1 is 1.25 bits per heavy atom. The van der Waals surface area contributed by atoms with Gasteiger partial charge in [0.05, 0.1) is 11.8 Å².